The first-order valence-electron chi connectivity index (χ1n) is 5.31. The molecule has 1 aliphatic rings. The normalized spacial score (nSPS) is 16.8. The van der Waals surface area contributed by atoms with Gasteiger partial charge in [0.25, 0.3) is 0 Å². The van der Waals surface area contributed by atoms with Gasteiger partial charge in [0.15, 0.2) is 11.6 Å². The van der Waals surface area contributed by atoms with Crippen LogP contribution < -0.4 is 4.74 Å². The van der Waals surface area contributed by atoms with E-state index in [1.54, 1.807) is 6.07 Å². The topological polar surface area (TPSA) is 38.8 Å². The quantitative estimate of drug-likeness (QED) is 0.792. The van der Waals surface area contributed by atoms with Crippen molar-refractivity contribution in [1.82, 2.24) is 5.06 Å². The summed E-state index contributed by atoms with van der Waals surface area (Å²) in [6.07, 6.45) is -5.55. The van der Waals surface area contributed by atoms with Gasteiger partial charge in [-0.1, -0.05) is 12.1 Å². The predicted molar refractivity (Wildman–Crippen MR) is 54.5 cm³/mol. The lowest BCUT2D eigenvalue weighted by Gasteiger charge is -2.36. The number of benzene rings is 1. The Morgan fingerprint density at radius 3 is 2.47 bits per heavy atom. The molecule has 0 aliphatic carbocycles. The summed E-state index contributed by atoms with van der Waals surface area (Å²) in [6.45, 7) is -0.0910. The van der Waals surface area contributed by atoms with Gasteiger partial charge in [-0.15, -0.1) is 5.06 Å². The largest absolute Gasteiger partial charge is 0.492 e. The van der Waals surface area contributed by atoms with Crippen molar-refractivity contribution in [2.75, 3.05) is 13.1 Å². The van der Waals surface area contributed by atoms with E-state index in [-0.39, 0.29) is 18.8 Å². The summed E-state index contributed by atoms with van der Waals surface area (Å²) in [7, 11) is 0. The van der Waals surface area contributed by atoms with Gasteiger partial charge >= 0.3 is 12.1 Å². The molecule has 4 nitrogen and oxygen atoms in total. The van der Waals surface area contributed by atoms with E-state index in [9.17, 15) is 22.4 Å². The number of para-hydroxylation sites is 1. The highest BCUT2D eigenvalue weighted by molar-refractivity contribution is 5.75. The molecule has 104 valence electrons. The van der Waals surface area contributed by atoms with Crippen LogP contribution in [0.5, 0.6) is 5.75 Å². The van der Waals surface area contributed by atoms with Crippen LogP contribution in [-0.2, 0) is 9.63 Å². The molecule has 0 N–H and O–H groups in total. The average molecular weight is 279 g/mol. The maximum atomic E-state index is 13.2. The Balaban J connectivity index is 1.78. The minimum absolute atomic E-state index is 0.00861. The molecule has 0 saturated carbocycles. The lowest BCUT2D eigenvalue weighted by atomic mass is 10.2. The highest BCUT2D eigenvalue weighted by atomic mass is 19.4. The SMILES string of the molecule is O=C(ON1CC(Oc2ccccc2F)C1)C(F)(F)F. The number of hydrogen-bond donors (Lipinski definition) is 0. The minimum Gasteiger partial charge on any atom is -0.484 e. The Morgan fingerprint density at radius 1 is 1.26 bits per heavy atom. The Bertz CT molecular complexity index is 471. The van der Waals surface area contributed by atoms with Crippen LogP contribution in [0.15, 0.2) is 24.3 Å². The molecule has 8 heteroatoms. The third-order valence-electron chi connectivity index (χ3n) is 2.39. The van der Waals surface area contributed by atoms with Crippen LogP contribution in [0, 0.1) is 5.82 Å². The number of carbonyl (C=O) groups excluding carboxylic acids is 1. The molecule has 0 spiro atoms. The molecule has 2 rings (SSSR count). The van der Waals surface area contributed by atoms with Gasteiger partial charge < -0.3 is 9.57 Å². The molecule has 0 aromatic heterocycles. The zero-order chi connectivity index (χ0) is 14.0. The molecule has 1 aliphatic heterocycles. The molecule has 1 saturated heterocycles. The summed E-state index contributed by atoms with van der Waals surface area (Å²) in [5, 5.41) is 0.807. The molecular formula is C11H9F4NO3. The van der Waals surface area contributed by atoms with Gasteiger partial charge in [0.05, 0.1) is 13.1 Å². The van der Waals surface area contributed by atoms with Crippen molar-refractivity contribution in [3.8, 4) is 5.75 Å². The van der Waals surface area contributed by atoms with Crippen LogP contribution in [-0.4, -0.2) is 36.4 Å². The number of hydroxylamine groups is 2. The van der Waals surface area contributed by atoms with Crippen LogP contribution in [0.1, 0.15) is 0 Å². The van der Waals surface area contributed by atoms with Crippen LogP contribution >= 0.6 is 0 Å². The third kappa shape index (κ3) is 3.34. The molecule has 1 aromatic carbocycles. The summed E-state index contributed by atoms with van der Waals surface area (Å²) in [6, 6.07) is 5.66. The van der Waals surface area contributed by atoms with Gasteiger partial charge in [-0.3, -0.25) is 0 Å². The van der Waals surface area contributed by atoms with E-state index in [2.05, 4.69) is 4.84 Å². The monoisotopic (exact) mass is 279 g/mol. The maximum Gasteiger partial charge on any atom is 0.492 e. The lowest BCUT2D eigenvalue weighted by Crippen LogP contribution is -2.55. The first kappa shape index (κ1) is 13.6. The second kappa shape index (κ2) is 5.04. The van der Waals surface area contributed by atoms with E-state index in [0.717, 1.165) is 5.06 Å². The zero-order valence-corrected chi connectivity index (χ0v) is 9.48. The van der Waals surface area contributed by atoms with E-state index in [0.29, 0.717) is 0 Å². The standard InChI is InChI=1S/C11H9F4NO3/c12-8-3-1-2-4-9(8)18-7-5-16(6-7)19-10(17)11(13,14)15/h1-4,7H,5-6H2. The summed E-state index contributed by atoms with van der Waals surface area (Å²) < 4.78 is 54.0. The van der Waals surface area contributed by atoms with E-state index < -0.39 is 24.1 Å². The molecule has 0 amide bonds. The predicted octanol–water partition coefficient (Wildman–Crippen LogP) is 1.91. The van der Waals surface area contributed by atoms with Gasteiger partial charge in [0, 0.05) is 0 Å². The van der Waals surface area contributed by atoms with Gasteiger partial charge in [-0.25, -0.2) is 9.18 Å². The first-order chi connectivity index (χ1) is 8.86. The van der Waals surface area contributed by atoms with Crippen LogP contribution in [0.3, 0.4) is 0 Å². The molecule has 1 aromatic rings. The van der Waals surface area contributed by atoms with Crippen LogP contribution in [0.2, 0.25) is 0 Å². The molecule has 1 fully saturated rings. The number of alkyl halides is 3. The summed E-state index contributed by atoms with van der Waals surface area (Å²) in [4.78, 5) is 14.5. The fraction of sp³-hybridized carbons (Fsp3) is 0.364. The van der Waals surface area contributed by atoms with Crippen molar-refractivity contribution in [1.29, 1.82) is 0 Å². The smallest absolute Gasteiger partial charge is 0.484 e. The number of carbonyl (C=O) groups is 1. The van der Waals surface area contributed by atoms with Crippen molar-refractivity contribution in [2.24, 2.45) is 0 Å². The number of nitrogens with zero attached hydrogens (tertiary/aromatic N) is 1. The maximum absolute atomic E-state index is 13.2. The highest BCUT2D eigenvalue weighted by Gasteiger charge is 2.44. The molecule has 19 heavy (non-hydrogen) atoms. The van der Waals surface area contributed by atoms with Gasteiger partial charge in [-0.2, -0.15) is 13.2 Å². The van der Waals surface area contributed by atoms with Crippen LogP contribution in [0.4, 0.5) is 17.6 Å². The zero-order valence-electron chi connectivity index (χ0n) is 9.48. The Hall–Kier alpha value is -1.83. The third-order valence-corrected chi connectivity index (χ3v) is 2.39. The van der Waals surface area contributed by atoms with Crippen molar-refractivity contribution in [3.05, 3.63) is 30.1 Å². The van der Waals surface area contributed by atoms with Crippen molar-refractivity contribution < 1.29 is 31.9 Å². The number of halogens is 4. The van der Waals surface area contributed by atoms with Crippen molar-refractivity contribution >= 4 is 5.97 Å². The average Bonchev–Trinajstić information content (AvgIpc) is 2.27. The van der Waals surface area contributed by atoms with Crippen LogP contribution in [0.25, 0.3) is 0 Å². The molecule has 0 radical (unpaired) electrons. The fourth-order valence-corrected chi connectivity index (χ4v) is 1.44. The fourth-order valence-electron chi connectivity index (χ4n) is 1.44. The summed E-state index contributed by atoms with van der Waals surface area (Å²) in [5.74, 6) is -2.83. The van der Waals surface area contributed by atoms with Crippen molar-refractivity contribution in [3.63, 3.8) is 0 Å². The molecule has 0 bridgehead atoms. The van der Waals surface area contributed by atoms with E-state index >= 15 is 0 Å². The van der Waals surface area contributed by atoms with Gasteiger partial charge in [0.2, 0.25) is 0 Å². The van der Waals surface area contributed by atoms with Gasteiger partial charge in [0.1, 0.15) is 6.10 Å². The second-order valence-corrected chi connectivity index (χ2v) is 3.89. The molecule has 0 atom stereocenters. The Kier molecular flexibility index (Phi) is 3.61. The number of hydrogen-bond acceptors (Lipinski definition) is 4. The first-order valence-corrected chi connectivity index (χ1v) is 5.31. The second-order valence-electron chi connectivity index (χ2n) is 3.89. The van der Waals surface area contributed by atoms with Crippen molar-refractivity contribution in [2.45, 2.75) is 12.3 Å². The molecular weight excluding hydrogens is 270 g/mol. The van der Waals surface area contributed by atoms with Gasteiger partial charge in [-0.05, 0) is 12.1 Å². The van der Waals surface area contributed by atoms with E-state index in [4.69, 9.17) is 4.74 Å². The summed E-state index contributed by atoms with van der Waals surface area (Å²) >= 11 is 0. The lowest BCUT2D eigenvalue weighted by molar-refractivity contribution is -0.262. The molecule has 1 heterocycles. The summed E-state index contributed by atoms with van der Waals surface area (Å²) in [5.41, 5.74) is 0. The highest BCUT2D eigenvalue weighted by Crippen LogP contribution is 2.23. The number of rotatable bonds is 3. The minimum atomic E-state index is -5.03. The molecule has 0 unspecified atom stereocenters. The Labute approximate surface area is 105 Å². The van der Waals surface area contributed by atoms with E-state index in [1.165, 1.54) is 18.2 Å². The number of ether oxygens (including phenoxy) is 1. The van der Waals surface area contributed by atoms with E-state index in [1.807, 2.05) is 0 Å². The Morgan fingerprint density at radius 2 is 1.89 bits per heavy atom.